The Kier molecular flexibility index (Phi) is 10.6. The maximum atomic E-state index is 14.2. The Bertz CT molecular complexity index is 556. The minimum Gasteiger partial charge on any atom is -0.467 e. The van der Waals surface area contributed by atoms with Crippen molar-refractivity contribution < 1.29 is 41.0 Å². The fraction of sp³-hybridized carbons (Fsp3) is 0.789. The number of amides is 1. The zero-order valence-corrected chi connectivity index (χ0v) is 17.4. The van der Waals surface area contributed by atoms with E-state index < -0.39 is 41.7 Å². The molecule has 0 aromatic rings. The van der Waals surface area contributed by atoms with Crippen molar-refractivity contribution in [3.63, 3.8) is 0 Å². The van der Waals surface area contributed by atoms with E-state index in [9.17, 15) is 31.5 Å². The molecule has 10 heteroatoms. The lowest BCUT2D eigenvalue weighted by Crippen LogP contribution is -2.56. The fourth-order valence-electron chi connectivity index (χ4n) is 2.42. The third-order valence-electron chi connectivity index (χ3n) is 3.85. The number of esters is 1. The molecule has 0 saturated carbocycles. The highest BCUT2D eigenvalue weighted by Crippen LogP contribution is 2.43. The first-order valence-corrected chi connectivity index (χ1v) is 9.36. The number of allylic oxidation sites excluding steroid dienone is 1. The van der Waals surface area contributed by atoms with Gasteiger partial charge in [0.1, 0.15) is 11.6 Å². The summed E-state index contributed by atoms with van der Waals surface area (Å²) in [7, 11) is 0.823. The van der Waals surface area contributed by atoms with Crippen LogP contribution in [0.3, 0.4) is 0 Å². The van der Waals surface area contributed by atoms with Gasteiger partial charge in [-0.05, 0) is 33.6 Å². The summed E-state index contributed by atoms with van der Waals surface area (Å²) < 4.78 is 76.6. The van der Waals surface area contributed by atoms with Crippen LogP contribution in [0.5, 0.6) is 0 Å². The number of ether oxygens (including phenoxy) is 2. The van der Waals surface area contributed by atoms with Gasteiger partial charge in [0.15, 0.2) is 0 Å². The van der Waals surface area contributed by atoms with Crippen molar-refractivity contribution in [2.45, 2.75) is 83.5 Å². The number of alkyl halides is 5. The summed E-state index contributed by atoms with van der Waals surface area (Å²) in [6, 6.07) is -2.29. The molecule has 0 aromatic carbocycles. The van der Waals surface area contributed by atoms with Gasteiger partial charge in [-0.15, -0.1) is 0 Å². The van der Waals surface area contributed by atoms with Crippen LogP contribution in [0.1, 0.15) is 59.8 Å². The summed E-state index contributed by atoms with van der Waals surface area (Å²) in [4.78, 5) is 23.9. The Labute approximate surface area is 168 Å². The molecule has 0 bridgehead atoms. The van der Waals surface area contributed by atoms with Gasteiger partial charge in [-0.1, -0.05) is 38.3 Å². The van der Waals surface area contributed by atoms with Gasteiger partial charge in [-0.2, -0.15) is 22.0 Å². The quantitative estimate of drug-likeness (QED) is 0.218. The molecule has 0 unspecified atom stereocenters. The third kappa shape index (κ3) is 9.45. The molecule has 0 saturated heterocycles. The second-order valence-electron chi connectivity index (χ2n) is 7.57. The summed E-state index contributed by atoms with van der Waals surface area (Å²) in [6.07, 6.45) is -2.01. The number of alkyl carbamates (subject to hydrolysis) is 1. The molecular weight excluding hydrogens is 401 g/mol. The van der Waals surface area contributed by atoms with Crippen molar-refractivity contribution in [3.05, 3.63) is 12.2 Å². The van der Waals surface area contributed by atoms with Crippen molar-refractivity contribution in [1.29, 1.82) is 0 Å². The van der Waals surface area contributed by atoms with E-state index in [0.717, 1.165) is 32.4 Å². The van der Waals surface area contributed by atoms with Crippen molar-refractivity contribution in [2.24, 2.45) is 5.92 Å². The Morgan fingerprint density at radius 3 is 2.07 bits per heavy atom. The summed E-state index contributed by atoms with van der Waals surface area (Å²) >= 11 is 0. The highest BCUT2D eigenvalue weighted by molar-refractivity contribution is 5.82. The van der Waals surface area contributed by atoms with Crippen molar-refractivity contribution in [3.8, 4) is 0 Å². The van der Waals surface area contributed by atoms with Crippen LogP contribution >= 0.6 is 0 Å². The first-order valence-electron chi connectivity index (χ1n) is 9.36. The molecule has 5 nitrogen and oxygen atoms in total. The molecular formula is C19H30F5NO4. The smallest absolute Gasteiger partial charge is 0.453 e. The number of carbonyl (C=O) groups excluding carboxylic acids is 2. The van der Waals surface area contributed by atoms with Crippen LogP contribution in [0.4, 0.5) is 26.7 Å². The second kappa shape index (κ2) is 11.3. The molecule has 0 aliphatic rings. The SMILES string of the molecule is CCCCCC/C=C/[C@H]([C@H](NC(=O)OC(C)(C)C)C(=O)OC)C(F)(F)C(F)(F)F. The van der Waals surface area contributed by atoms with Gasteiger partial charge in [0.05, 0.1) is 13.0 Å². The van der Waals surface area contributed by atoms with E-state index in [2.05, 4.69) is 4.74 Å². The summed E-state index contributed by atoms with van der Waals surface area (Å²) in [5.74, 6) is -9.44. The topological polar surface area (TPSA) is 64.6 Å². The Hall–Kier alpha value is -1.87. The van der Waals surface area contributed by atoms with E-state index in [-0.39, 0.29) is 6.42 Å². The van der Waals surface area contributed by atoms with Crippen LogP contribution in [0.15, 0.2) is 12.2 Å². The fourth-order valence-corrected chi connectivity index (χ4v) is 2.42. The molecule has 0 aliphatic heterocycles. The Morgan fingerprint density at radius 1 is 1.03 bits per heavy atom. The standard InChI is InChI=1S/C19H30F5NO4/c1-6-7-8-9-10-11-12-13(18(20,21)19(22,23)24)14(15(26)28-5)25-16(27)29-17(2,3)4/h11-14H,6-10H2,1-5H3,(H,25,27)/b12-11+/t13-,14+/m1/s1. The zero-order valence-electron chi connectivity index (χ0n) is 17.4. The molecule has 0 radical (unpaired) electrons. The number of halogens is 5. The number of methoxy groups -OCH3 is 1. The minimum atomic E-state index is -5.94. The Morgan fingerprint density at radius 2 is 1.62 bits per heavy atom. The van der Waals surface area contributed by atoms with Crippen LogP contribution in [-0.4, -0.2) is 42.9 Å². The third-order valence-corrected chi connectivity index (χ3v) is 3.85. The lowest BCUT2D eigenvalue weighted by molar-refractivity contribution is -0.299. The zero-order chi connectivity index (χ0) is 22.9. The normalized spacial score (nSPS) is 15.1. The lowest BCUT2D eigenvalue weighted by Gasteiger charge is -2.32. The second-order valence-corrected chi connectivity index (χ2v) is 7.57. The van der Waals surface area contributed by atoms with E-state index in [1.54, 1.807) is 5.32 Å². The van der Waals surface area contributed by atoms with E-state index >= 15 is 0 Å². The van der Waals surface area contributed by atoms with E-state index in [4.69, 9.17) is 4.74 Å². The number of rotatable bonds is 10. The van der Waals surface area contributed by atoms with E-state index in [1.807, 2.05) is 6.92 Å². The number of nitrogens with one attached hydrogen (secondary N) is 1. The maximum absolute atomic E-state index is 14.2. The Balaban J connectivity index is 5.75. The van der Waals surface area contributed by atoms with Crippen molar-refractivity contribution in [2.75, 3.05) is 7.11 Å². The van der Waals surface area contributed by atoms with Gasteiger partial charge >= 0.3 is 24.2 Å². The van der Waals surface area contributed by atoms with Crippen LogP contribution in [0, 0.1) is 5.92 Å². The maximum Gasteiger partial charge on any atom is 0.453 e. The first kappa shape index (κ1) is 27.1. The predicted octanol–water partition coefficient (Wildman–Crippen LogP) is 5.39. The molecule has 0 aromatic heterocycles. The molecule has 0 aliphatic carbocycles. The molecule has 0 heterocycles. The monoisotopic (exact) mass is 431 g/mol. The molecule has 0 spiro atoms. The van der Waals surface area contributed by atoms with Gasteiger partial charge in [0.25, 0.3) is 0 Å². The molecule has 0 rings (SSSR count). The van der Waals surface area contributed by atoms with Crippen LogP contribution in [0.2, 0.25) is 0 Å². The van der Waals surface area contributed by atoms with E-state index in [0.29, 0.717) is 12.5 Å². The highest BCUT2D eigenvalue weighted by Gasteiger charge is 2.64. The lowest BCUT2D eigenvalue weighted by atomic mass is 9.91. The molecule has 170 valence electrons. The molecule has 29 heavy (non-hydrogen) atoms. The molecule has 1 amide bonds. The van der Waals surface area contributed by atoms with Gasteiger partial charge in [-0.3, -0.25) is 0 Å². The average molecular weight is 431 g/mol. The number of unbranched alkanes of at least 4 members (excludes halogenated alkanes) is 4. The first-order chi connectivity index (χ1) is 13.2. The highest BCUT2D eigenvalue weighted by atomic mass is 19.4. The van der Waals surface area contributed by atoms with Crippen LogP contribution in [0.25, 0.3) is 0 Å². The minimum absolute atomic E-state index is 0.255. The molecule has 0 fully saturated rings. The van der Waals surface area contributed by atoms with Gasteiger partial charge in [-0.25, -0.2) is 9.59 Å². The van der Waals surface area contributed by atoms with Gasteiger partial charge in [0.2, 0.25) is 0 Å². The van der Waals surface area contributed by atoms with Crippen molar-refractivity contribution in [1.82, 2.24) is 5.32 Å². The summed E-state index contributed by atoms with van der Waals surface area (Å²) in [5, 5.41) is 1.80. The summed E-state index contributed by atoms with van der Waals surface area (Å²) in [5.41, 5.74) is -1.05. The number of hydrogen-bond acceptors (Lipinski definition) is 4. The average Bonchev–Trinajstić information content (AvgIpc) is 2.56. The molecule has 1 N–H and O–H groups in total. The number of hydrogen-bond donors (Lipinski definition) is 1. The van der Waals surface area contributed by atoms with E-state index in [1.165, 1.54) is 20.8 Å². The van der Waals surface area contributed by atoms with Crippen LogP contribution < -0.4 is 5.32 Å². The number of carbonyl (C=O) groups is 2. The molecule has 2 atom stereocenters. The summed E-state index contributed by atoms with van der Waals surface area (Å²) in [6.45, 7) is 6.38. The van der Waals surface area contributed by atoms with Gasteiger partial charge in [0, 0.05) is 0 Å². The predicted molar refractivity (Wildman–Crippen MR) is 97.6 cm³/mol. The van der Waals surface area contributed by atoms with Crippen molar-refractivity contribution >= 4 is 12.1 Å². The van der Waals surface area contributed by atoms with Crippen LogP contribution in [-0.2, 0) is 14.3 Å². The largest absolute Gasteiger partial charge is 0.467 e. The van der Waals surface area contributed by atoms with Gasteiger partial charge < -0.3 is 14.8 Å².